The van der Waals surface area contributed by atoms with Crippen molar-refractivity contribution in [2.24, 2.45) is 5.90 Å². The second kappa shape index (κ2) is 8.54. The molecule has 0 saturated carbocycles. The van der Waals surface area contributed by atoms with Crippen LogP contribution < -0.4 is 10.7 Å². The molecular weight excluding hydrogens is 354 g/mol. The highest BCUT2D eigenvalue weighted by Gasteiger charge is 2.12. The number of phenolic OH excluding ortho intramolecular Hbond substituents is 4. The predicted molar refractivity (Wildman–Crippen MR) is 97.1 cm³/mol. The van der Waals surface area contributed by atoms with E-state index in [1.165, 1.54) is 48.6 Å². The molecule has 0 atom stereocenters. The van der Waals surface area contributed by atoms with Gasteiger partial charge in [0.05, 0.1) is 6.42 Å². The number of carbonyl (C=O) groups is 2. The second-order valence-electron chi connectivity index (χ2n) is 5.49. The highest BCUT2D eigenvalue weighted by molar-refractivity contribution is 6.11. The molecule has 0 aromatic heterocycles. The summed E-state index contributed by atoms with van der Waals surface area (Å²) in [7, 11) is 0. The average molecular weight is 371 g/mol. The molecule has 2 rings (SSSR count). The summed E-state index contributed by atoms with van der Waals surface area (Å²) in [5, 5.41) is 37.6. The van der Waals surface area contributed by atoms with E-state index in [0.717, 1.165) is 6.08 Å². The summed E-state index contributed by atoms with van der Waals surface area (Å²) >= 11 is 0. The molecule has 0 aliphatic heterocycles. The molecule has 2 aromatic carbocycles. The van der Waals surface area contributed by atoms with E-state index in [-0.39, 0.29) is 22.8 Å². The number of ketones is 2. The lowest BCUT2D eigenvalue weighted by Gasteiger charge is -2.07. The van der Waals surface area contributed by atoms with Gasteiger partial charge in [-0.3, -0.25) is 9.59 Å². The Morgan fingerprint density at radius 2 is 1.52 bits per heavy atom. The van der Waals surface area contributed by atoms with E-state index in [2.05, 4.69) is 4.84 Å². The van der Waals surface area contributed by atoms with E-state index in [4.69, 9.17) is 5.90 Å². The van der Waals surface area contributed by atoms with E-state index in [1.807, 2.05) is 0 Å². The summed E-state index contributed by atoms with van der Waals surface area (Å²) in [6.07, 6.45) is 4.58. The van der Waals surface area contributed by atoms with Crippen molar-refractivity contribution in [2.75, 3.05) is 0 Å². The molecule has 0 fully saturated rings. The Bertz CT molecular complexity index is 932. The third kappa shape index (κ3) is 5.10. The lowest BCUT2D eigenvalue weighted by Crippen LogP contribution is -2.04. The third-order valence-corrected chi connectivity index (χ3v) is 3.52. The summed E-state index contributed by atoms with van der Waals surface area (Å²) in [6, 6.07) is 6.61. The summed E-state index contributed by atoms with van der Waals surface area (Å²) in [6.45, 7) is 0. The minimum atomic E-state index is -0.566. The molecule has 0 unspecified atom stereocenters. The zero-order valence-electron chi connectivity index (χ0n) is 14.0. The molecule has 8 nitrogen and oxygen atoms in total. The van der Waals surface area contributed by atoms with E-state index in [1.54, 1.807) is 0 Å². The van der Waals surface area contributed by atoms with E-state index in [9.17, 15) is 30.0 Å². The van der Waals surface area contributed by atoms with Gasteiger partial charge in [-0.15, -0.1) is 0 Å². The number of benzene rings is 2. The molecule has 6 N–H and O–H groups in total. The van der Waals surface area contributed by atoms with Crippen LogP contribution in [-0.2, 0) is 9.59 Å². The maximum atomic E-state index is 11.9. The van der Waals surface area contributed by atoms with Crippen molar-refractivity contribution in [3.63, 3.8) is 0 Å². The second-order valence-corrected chi connectivity index (χ2v) is 5.49. The van der Waals surface area contributed by atoms with Gasteiger partial charge < -0.3 is 25.3 Å². The van der Waals surface area contributed by atoms with Crippen LogP contribution in [0.25, 0.3) is 12.2 Å². The van der Waals surface area contributed by atoms with Gasteiger partial charge in [-0.2, -0.15) is 5.90 Å². The quantitative estimate of drug-likeness (QED) is 0.215. The Labute approximate surface area is 154 Å². The molecule has 27 heavy (non-hydrogen) atoms. The standard InChI is InChI=1S/C19H17NO7/c20-27-19-12(4-8-16(24)18(19)26)3-6-14(22)10-13(21)5-1-11-2-7-15(23)17(25)9-11/h1-9,23-26H,10,20H2/b5-1+,6-3+. The lowest BCUT2D eigenvalue weighted by atomic mass is 10.1. The average Bonchev–Trinajstić information content (AvgIpc) is 2.63. The van der Waals surface area contributed by atoms with Crippen LogP contribution in [0.1, 0.15) is 17.5 Å². The molecular formula is C19H17NO7. The molecule has 0 amide bonds. The van der Waals surface area contributed by atoms with Crippen molar-refractivity contribution in [3.05, 3.63) is 53.6 Å². The normalized spacial score (nSPS) is 11.1. The molecule has 2 aromatic rings. The highest BCUT2D eigenvalue weighted by Crippen LogP contribution is 2.38. The van der Waals surface area contributed by atoms with Crippen LogP contribution in [0, 0.1) is 0 Å². The third-order valence-electron chi connectivity index (χ3n) is 3.52. The Balaban J connectivity index is 2.02. The maximum Gasteiger partial charge on any atom is 0.203 e. The number of hydrogen-bond donors (Lipinski definition) is 5. The van der Waals surface area contributed by atoms with Crippen molar-refractivity contribution in [2.45, 2.75) is 6.42 Å². The fourth-order valence-corrected chi connectivity index (χ4v) is 2.14. The zero-order valence-corrected chi connectivity index (χ0v) is 14.0. The number of allylic oxidation sites excluding steroid dienone is 2. The Morgan fingerprint density at radius 1 is 0.889 bits per heavy atom. The highest BCUT2D eigenvalue weighted by atomic mass is 16.6. The monoisotopic (exact) mass is 371 g/mol. The van der Waals surface area contributed by atoms with Crippen molar-refractivity contribution in [1.29, 1.82) is 0 Å². The van der Waals surface area contributed by atoms with Crippen LogP contribution in [0.5, 0.6) is 28.7 Å². The smallest absolute Gasteiger partial charge is 0.203 e. The number of phenols is 4. The molecule has 0 heterocycles. The van der Waals surface area contributed by atoms with Crippen molar-refractivity contribution >= 4 is 23.7 Å². The first kappa shape index (κ1) is 19.5. The summed E-state index contributed by atoms with van der Waals surface area (Å²) in [5.74, 6) is 2.25. The SMILES string of the molecule is NOc1c(/C=C/C(=O)CC(=O)/C=C/c2ccc(O)c(O)c2)ccc(O)c1O. The predicted octanol–water partition coefficient (Wildman–Crippen LogP) is 2.02. The maximum absolute atomic E-state index is 11.9. The van der Waals surface area contributed by atoms with Crippen molar-refractivity contribution < 1.29 is 34.9 Å². The number of rotatable bonds is 7. The van der Waals surface area contributed by atoms with E-state index in [0.29, 0.717) is 5.56 Å². The van der Waals surface area contributed by atoms with Crippen LogP contribution in [0.2, 0.25) is 0 Å². The van der Waals surface area contributed by atoms with Gasteiger partial charge in [0.25, 0.3) is 0 Å². The first-order valence-corrected chi connectivity index (χ1v) is 7.67. The molecule has 0 aliphatic carbocycles. The number of hydrogen-bond acceptors (Lipinski definition) is 8. The Hall–Kier alpha value is -3.78. The van der Waals surface area contributed by atoms with Gasteiger partial charge in [0.2, 0.25) is 5.75 Å². The number of aromatic hydroxyl groups is 4. The minimum Gasteiger partial charge on any atom is -0.504 e. The molecule has 0 spiro atoms. The fraction of sp³-hybridized carbons (Fsp3) is 0.0526. The summed E-state index contributed by atoms with van der Waals surface area (Å²) < 4.78 is 0. The molecule has 140 valence electrons. The number of carbonyl (C=O) groups excluding carboxylic acids is 2. The molecule has 0 bridgehead atoms. The Morgan fingerprint density at radius 3 is 2.15 bits per heavy atom. The molecule has 0 aliphatic rings. The molecule has 8 heteroatoms. The van der Waals surface area contributed by atoms with Crippen LogP contribution >= 0.6 is 0 Å². The molecule has 0 radical (unpaired) electrons. The van der Waals surface area contributed by atoms with Crippen LogP contribution in [0.4, 0.5) is 0 Å². The van der Waals surface area contributed by atoms with E-state index < -0.39 is 29.5 Å². The zero-order chi connectivity index (χ0) is 20.0. The van der Waals surface area contributed by atoms with Crippen molar-refractivity contribution in [3.8, 4) is 28.7 Å². The van der Waals surface area contributed by atoms with Gasteiger partial charge in [-0.05, 0) is 48.1 Å². The first-order chi connectivity index (χ1) is 12.8. The lowest BCUT2D eigenvalue weighted by molar-refractivity contribution is -0.121. The van der Waals surface area contributed by atoms with Crippen LogP contribution in [-0.4, -0.2) is 32.0 Å². The van der Waals surface area contributed by atoms with Crippen LogP contribution in [0.3, 0.4) is 0 Å². The van der Waals surface area contributed by atoms with E-state index >= 15 is 0 Å². The molecule has 0 saturated heterocycles. The minimum absolute atomic E-state index is 0.211. The Kier molecular flexibility index (Phi) is 6.18. The van der Waals surface area contributed by atoms with Gasteiger partial charge in [0, 0.05) is 5.56 Å². The number of nitrogens with two attached hydrogens (primary N) is 1. The van der Waals surface area contributed by atoms with Gasteiger partial charge in [0.1, 0.15) is 0 Å². The summed E-state index contributed by atoms with van der Waals surface area (Å²) in [4.78, 5) is 28.2. The van der Waals surface area contributed by atoms with Gasteiger partial charge >= 0.3 is 0 Å². The summed E-state index contributed by atoms with van der Waals surface area (Å²) in [5.41, 5.74) is 0.717. The van der Waals surface area contributed by atoms with Crippen LogP contribution in [0.15, 0.2) is 42.5 Å². The van der Waals surface area contributed by atoms with Gasteiger partial charge in [-0.1, -0.05) is 12.1 Å². The topological polar surface area (TPSA) is 150 Å². The fourth-order valence-electron chi connectivity index (χ4n) is 2.14. The first-order valence-electron chi connectivity index (χ1n) is 7.67. The van der Waals surface area contributed by atoms with Gasteiger partial charge in [-0.25, -0.2) is 0 Å². The van der Waals surface area contributed by atoms with Gasteiger partial charge in [0.15, 0.2) is 34.6 Å². The largest absolute Gasteiger partial charge is 0.504 e. The van der Waals surface area contributed by atoms with Crippen molar-refractivity contribution in [1.82, 2.24) is 0 Å².